The van der Waals surface area contributed by atoms with Crippen molar-refractivity contribution in [3.05, 3.63) is 58.3 Å². The number of carbonyl (C=O) groups is 1. The maximum Gasteiger partial charge on any atom is 0.229 e. The smallest absolute Gasteiger partial charge is 0.229 e. The molecule has 21 heavy (non-hydrogen) atoms. The number of nitrogens with two attached hydrogens (primary N) is 1. The van der Waals surface area contributed by atoms with Gasteiger partial charge < -0.3 is 11.1 Å². The highest BCUT2D eigenvalue weighted by molar-refractivity contribution is 9.10. The maximum atomic E-state index is 12.3. The Morgan fingerprint density at radius 2 is 1.90 bits per heavy atom. The molecule has 0 radical (unpaired) electrons. The third kappa shape index (κ3) is 3.89. The molecule has 3 N–H and O–H groups in total. The zero-order chi connectivity index (χ0) is 15.4. The number of anilines is 1. The van der Waals surface area contributed by atoms with Gasteiger partial charge >= 0.3 is 0 Å². The summed E-state index contributed by atoms with van der Waals surface area (Å²) in [5, 5.41) is 2.89. The third-order valence-corrected chi connectivity index (χ3v) is 3.89. The normalized spacial score (nSPS) is 13.5. The average Bonchev–Trinajstić information content (AvgIpc) is 2.49. The summed E-state index contributed by atoms with van der Waals surface area (Å²) in [6, 6.07) is 12.9. The molecule has 2 atom stereocenters. The van der Waals surface area contributed by atoms with E-state index >= 15 is 0 Å². The molecule has 1 heterocycles. The molecule has 110 valence electrons. The SMILES string of the molecule is Cc1nc(Br)ccc1NC(=O)C(C)C(N)c1ccccc1. The molecule has 2 aromatic rings. The van der Waals surface area contributed by atoms with Gasteiger partial charge in [-0.25, -0.2) is 4.98 Å². The largest absolute Gasteiger partial charge is 0.324 e. The minimum absolute atomic E-state index is 0.112. The number of aryl methyl sites for hydroxylation is 1. The van der Waals surface area contributed by atoms with Crippen LogP contribution in [-0.4, -0.2) is 10.9 Å². The van der Waals surface area contributed by atoms with E-state index in [4.69, 9.17) is 5.73 Å². The second-order valence-electron chi connectivity index (χ2n) is 4.98. The minimum atomic E-state index is -0.338. The number of benzene rings is 1. The Morgan fingerprint density at radius 1 is 1.24 bits per heavy atom. The lowest BCUT2D eigenvalue weighted by Gasteiger charge is -2.20. The molecule has 2 unspecified atom stereocenters. The van der Waals surface area contributed by atoms with Gasteiger partial charge in [0.1, 0.15) is 4.60 Å². The number of pyridine rings is 1. The number of hydrogen-bond acceptors (Lipinski definition) is 3. The van der Waals surface area contributed by atoms with Crippen LogP contribution in [0.1, 0.15) is 24.2 Å². The first-order valence-electron chi connectivity index (χ1n) is 6.73. The molecular weight excluding hydrogens is 330 g/mol. The molecule has 2 rings (SSSR count). The third-order valence-electron chi connectivity index (χ3n) is 3.45. The number of hydrogen-bond donors (Lipinski definition) is 2. The van der Waals surface area contributed by atoms with Gasteiger partial charge in [0.2, 0.25) is 5.91 Å². The Hall–Kier alpha value is -1.72. The lowest BCUT2D eigenvalue weighted by Crippen LogP contribution is -2.30. The average molecular weight is 348 g/mol. The first kappa shape index (κ1) is 15.7. The van der Waals surface area contributed by atoms with Crippen LogP contribution in [-0.2, 0) is 4.79 Å². The highest BCUT2D eigenvalue weighted by Crippen LogP contribution is 2.22. The van der Waals surface area contributed by atoms with Crippen molar-refractivity contribution in [3.8, 4) is 0 Å². The Labute approximate surface area is 132 Å². The quantitative estimate of drug-likeness (QED) is 0.832. The van der Waals surface area contributed by atoms with Crippen molar-refractivity contribution in [2.45, 2.75) is 19.9 Å². The van der Waals surface area contributed by atoms with Gasteiger partial charge in [0.05, 0.1) is 17.3 Å². The molecule has 0 spiro atoms. The van der Waals surface area contributed by atoms with Crippen molar-refractivity contribution in [2.75, 3.05) is 5.32 Å². The summed E-state index contributed by atoms with van der Waals surface area (Å²) in [5.74, 6) is -0.450. The number of nitrogens with zero attached hydrogens (tertiary/aromatic N) is 1. The molecule has 5 heteroatoms. The number of amides is 1. The van der Waals surface area contributed by atoms with E-state index in [1.807, 2.05) is 50.2 Å². The fourth-order valence-corrected chi connectivity index (χ4v) is 2.43. The monoisotopic (exact) mass is 347 g/mol. The van der Waals surface area contributed by atoms with Gasteiger partial charge in [0.15, 0.2) is 0 Å². The highest BCUT2D eigenvalue weighted by Gasteiger charge is 2.22. The van der Waals surface area contributed by atoms with E-state index in [1.165, 1.54) is 0 Å². The van der Waals surface area contributed by atoms with Gasteiger partial charge in [0, 0.05) is 6.04 Å². The zero-order valence-corrected chi connectivity index (χ0v) is 13.6. The van der Waals surface area contributed by atoms with Crippen molar-refractivity contribution in [1.82, 2.24) is 4.98 Å². The van der Waals surface area contributed by atoms with Gasteiger partial charge in [-0.05, 0) is 40.5 Å². The van der Waals surface area contributed by atoms with Gasteiger partial charge in [-0.15, -0.1) is 0 Å². The van der Waals surface area contributed by atoms with Crippen molar-refractivity contribution < 1.29 is 4.79 Å². The lowest BCUT2D eigenvalue weighted by atomic mass is 9.94. The fraction of sp³-hybridized carbons (Fsp3) is 0.250. The van der Waals surface area contributed by atoms with Gasteiger partial charge in [-0.2, -0.15) is 0 Å². The molecule has 0 aliphatic rings. The lowest BCUT2D eigenvalue weighted by molar-refractivity contribution is -0.120. The van der Waals surface area contributed by atoms with Crippen molar-refractivity contribution in [2.24, 2.45) is 11.7 Å². The van der Waals surface area contributed by atoms with Crippen molar-refractivity contribution in [3.63, 3.8) is 0 Å². The van der Waals surface area contributed by atoms with Crippen LogP contribution in [0.5, 0.6) is 0 Å². The molecular formula is C16H18BrN3O. The molecule has 1 amide bonds. The van der Waals surface area contributed by atoms with E-state index < -0.39 is 0 Å². The maximum absolute atomic E-state index is 12.3. The van der Waals surface area contributed by atoms with E-state index in [0.29, 0.717) is 5.69 Å². The van der Waals surface area contributed by atoms with Gasteiger partial charge in [0.25, 0.3) is 0 Å². The second kappa shape index (κ2) is 6.83. The van der Waals surface area contributed by atoms with Gasteiger partial charge in [-0.3, -0.25) is 4.79 Å². The number of halogens is 1. The van der Waals surface area contributed by atoms with Crippen LogP contribution in [0.25, 0.3) is 0 Å². The van der Waals surface area contributed by atoms with E-state index in [-0.39, 0.29) is 17.9 Å². The first-order valence-corrected chi connectivity index (χ1v) is 7.53. The summed E-state index contributed by atoms with van der Waals surface area (Å²) in [7, 11) is 0. The molecule has 0 saturated heterocycles. The van der Waals surface area contributed by atoms with Crippen molar-refractivity contribution >= 4 is 27.5 Å². The topological polar surface area (TPSA) is 68.0 Å². The first-order chi connectivity index (χ1) is 9.99. The van der Waals surface area contributed by atoms with Crippen molar-refractivity contribution in [1.29, 1.82) is 0 Å². The summed E-state index contributed by atoms with van der Waals surface area (Å²) in [6.07, 6.45) is 0. The Kier molecular flexibility index (Phi) is 5.09. The molecule has 0 fully saturated rings. The summed E-state index contributed by atoms with van der Waals surface area (Å²) in [4.78, 5) is 16.6. The van der Waals surface area contributed by atoms with E-state index in [9.17, 15) is 4.79 Å². The Morgan fingerprint density at radius 3 is 2.52 bits per heavy atom. The van der Waals surface area contributed by atoms with Crippen LogP contribution in [0.3, 0.4) is 0 Å². The van der Waals surface area contributed by atoms with Gasteiger partial charge in [-0.1, -0.05) is 37.3 Å². The summed E-state index contributed by atoms with van der Waals surface area (Å²) in [5.41, 5.74) is 8.59. The van der Waals surface area contributed by atoms with Crippen LogP contribution in [0.2, 0.25) is 0 Å². The van der Waals surface area contributed by atoms with E-state index in [1.54, 1.807) is 6.07 Å². The number of rotatable bonds is 4. The molecule has 4 nitrogen and oxygen atoms in total. The van der Waals surface area contributed by atoms with Crippen LogP contribution in [0.15, 0.2) is 47.1 Å². The Balaban J connectivity index is 2.09. The second-order valence-corrected chi connectivity index (χ2v) is 5.79. The standard InChI is InChI=1S/C16H18BrN3O/c1-10(15(18)12-6-4-3-5-7-12)16(21)20-13-8-9-14(17)19-11(13)2/h3-10,15H,18H2,1-2H3,(H,20,21). The number of nitrogens with one attached hydrogen (secondary N) is 1. The molecule has 0 bridgehead atoms. The van der Waals surface area contributed by atoms with E-state index in [2.05, 4.69) is 26.2 Å². The molecule has 0 saturated carbocycles. The Bertz CT molecular complexity index is 631. The number of carbonyl (C=O) groups excluding carboxylic acids is 1. The van der Waals surface area contributed by atoms with Crippen LogP contribution >= 0.6 is 15.9 Å². The predicted molar refractivity (Wildman–Crippen MR) is 87.8 cm³/mol. The minimum Gasteiger partial charge on any atom is -0.324 e. The molecule has 0 aliphatic heterocycles. The fourth-order valence-electron chi connectivity index (χ4n) is 2.04. The summed E-state index contributed by atoms with van der Waals surface area (Å²) >= 11 is 3.30. The van der Waals surface area contributed by atoms with Crippen LogP contribution in [0, 0.1) is 12.8 Å². The zero-order valence-electron chi connectivity index (χ0n) is 12.0. The predicted octanol–water partition coefficient (Wildman–Crippen LogP) is 3.43. The highest BCUT2D eigenvalue weighted by atomic mass is 79.9. The molecule has 0 aliphatic carbocycles. The van der Waals surface area contributed by atoms with Crippen LogP contribution in [0.4, 0.5) is 5.69 Å². The van der Waals surface area contributed by atoms with Crippen LogP contribution < -0.4 is 11.1 Å². The summed E-state index contributed by atoms with van der Waals surface area (Å²) < 4.78 is 0.743. The summed E-state index contributed by atoms with van der Waals surface area (Å²) in [6.45, 7) is 3.68. The number of aromatic nitrogens is 1. The van der Waals surface area contributed by atoms with E-state index in [0.717, 1.165) is 15.9 Å². The molecule has 1 aromatic heterocycles. The molecule has 1 aromatic carbocycles.